The standard InChI is InChI=1S/C21H23ClN6O5S2/c1-26(2)21-25-10-17(34-21)28(35(32)33)15-4-6-27(19(15)29)16(20(30)31)8-12-7-11-3-5-24-18(23)13(11)9-14(12)22/h3,5,7,9-10,15-16,35H,4,6,8H2,1-2H3,(H2,23,24)(H,30,31)/t15-,16+/m0/s1. The van der Waals surface area contributed by atoms with Gasteiger partial charge in [0.15, 0.2) is 5.13 Å². The second kappa shape index (κ2) is 9.84. The summed E-state index contributed by atoms with van der Waals surface area (Å²) in [4.78, 5) is 36.7. The number of carbonyl (C=O) groups excluding carboxylic acids is 1. The summed E-state index contributed by atoms with van der Waals surface area (Å²) in [5.41, 5.74) is 6.43. The van der Waals surface area contributed by atoms with Crippen LogP contribution in [-0.4, -0.2) is 73.0 Å². The SMILES string of the molecule is CN(C)c1ncc(N([C@H]2CCN([C@H](Cc3cc4ccnc(N)c4cc3Cl)C(=O)O)C2=O)[SH](=O)=O)s1. The van der Waals surface area contributed by atoms with Crippen molar-refractivity contribution in [1.82, 2.24) is 14.9 Å². The lowest BCUT2D eigenvalue weighted by Gasteiger charge is -2.27. The van der Waals surface area contributed by atoms with E-state index >= 15 is 0 Å². The Morgan fingerprint density at radius 1 is 1.37 bits per heavy atom. The van der Waals surface area contributed by atoms with Crippen molar-refractivity contribution in [1.29, 1.82) is 0 Å². The molecule has 0 unspecified atom stereocenters. The van der Waals surface area contributed by atoms with Crippen molar-refractivity contribution in [3.63, 3.8) is 0 Å². The minimum Gasteiger partial charge on any atom is -0.480 e. The van der Waals surface area contributed by atoms with Crippen LogP contribution in [0.4, 0.5) is 16.0 Å². The van der Waals surface area contributed by atoms with Gasteiger partial charge in [0.1, 0.15) is 22.9 Å². The van der Waals surface area contributed by atoms with E-state index in [2.05, 4.69) is 9.97 Å². The molecule has 14 heteroatoms. The second-order valence-corrected chi connectivity index (χ2v) is 10.5. The first-order valence-corrected chi connectivity index (χ1v) is 12.8. The molecule has 1 saturated heterocycles. The predicted octanol–water partition coefficient (Wildman–Crippen LogP) is 1.62. The van der Waals surface area contributed by atoms with Gasteiger partial charge in [0.2, 0.25) is 16.8 Å². The van der Waals surface area contributed by atoms with E-state index in [-0.39, 0.29) is 19.4 Å². The van der Waals surface area contributed by atoms with Crippen molar-refractivity contribution in [2.45, 2.75) is 24.9 Å². The lowest BCUT2D eigenvalue weighted by molar-refractivity contribution is -0.148. The average Bonchev–Trinajstić information content (AvgIpc) is 3.41. The third kappa shape index (κ3) is 4.83. The molecule has 0 saturated carbocycles. The molecule has 11 nitrogen and oxygen atoms in total. The number of hydrogen-bond acceptors (Lipinski definition) is 9. The van der Waals surface area contributed by atoms with Crippen LogP contribution in [0, 0.1) is 0 Å². The molecular weight excluding hydrogens is 516 g/mol. The van der Waals surface area contributed by atoms with Crippen LogP contribution >= 0.6 is 22.9 Å². The van der Waals surface area contributed by atoms with Crippen LogP contribution in [0.3, 0.4) is 0 Å². The highest BCUT2D eigenvalue weighted by Gasteiger charge is 2.43. The number of thiol groups is 1. The number of thiazole rings is 1. The second-order valence-electron chi connectivity index (χ2n) is 8.21. The number of pyridine rings is 1. The van der Waals surface area contributed by atoms with Crippen LogP contribution in [0.25, 0.3) is 10.8 Å². The predicted molar refractivity (Wildman–Crippen MR) is 136 cm³/mol. The van der Waals surface area contributed by atoms with Gasteiger partial charge in [-0.3, -0.25) is 4.79 Å². The summed E-state index contributed by atoms with van der Waals surface area (Å²) in [7, 11) is 0.379. The summed E-state index contributed by atoms with van der Waals surface area (Å²) < 4.78 is 25.2. The number of anilines is 3. The van der Waals surface area contributed by atoms with Gasteiger partial charge in [-0.15, -0.1) is 0 Å². The Morgan fingerprint density at radius 2 is 2.11 bits per heavy atom. The van der Waals surface area contributed by atoms with Gasteiger partial charge in [0, 0.05) is 43.7 Å². The molecular formula is C21H23ClN6O5S2. The van der Waals surface area contributed by atoms with Crippen LogP contribution in [0.1, 0.15) is 12.0 Å². The average molecular weight is 539 g/mol. The maximum atomic E-state index is 13.3. The van der Waals surface area contributed by atoms with E-state index in [4.69, 9.17) is 17.3 Å². The number of carbonyl (C=O) groups is 2. The lowest BCUT2D eigenvalue weighted by Crippen LogP contribution is -2.48. The van der Waals surface area contributed by atoms with Gasteiger partial charge in [-0.2, -0.15) is 0 Å². The first-order chi connectivity index (χ1) is 16.6. The molecule has 186 valence electrons. The van der Waals surface area contributed by atoms with Gasteiger partial charge in [-0.25, -0.2) is 27.5 Å². The Kier molecular flexibility index (Phi) is 7.01. The number of aromatic nitrogens is 2. The first kappa shape index (κ1) is 24.9. The minimum atomic E-state index is -3.16. The normalized spacial score (nSPS) is 16.7. The maximum absolute atomic E-state index is 13.3. The van der Waals surface area contributed by atoms with Crippen molar-refractivity contribution in [3.05, 3.63) is 41.2 Å². The number of likely N-dealkylation sites (tertiary alicyclic amines) is 1. The zero-order chi connectivity index (χ0) is 25.4. The number of amides is 1. The molecule has 0 aliphatic carbocycles. The number of rotatable bonds is 8. The molecule has 4 rings (SSSR count). The van der Waals surface area contributed by atoms with Crippen LogP contribution in [0.15, 0.2) is 30.6 Å². The largest absolute Gasteiger partial charge is 0.480 e. The van der Waals surface area contributed by atoms with Gasteiger partial charge < -0.3 is 20.6 Å². The topological polar surface area (TPSA) is 150 Å². The minimum absolute atomic E-state index is 0.0559. The number of fused-ring (bicyclic) bond motifs is 1. The highest BCUT2D eigenvalue weighted by molar-refractivity contribution is 7.74. The summed E-state index contributed by atoms with van der Waals surface area (Å²) in [6, 6.07) is 2.80. The summed E-state index contributed by atoms with van der Waals surface area (Å²) in [6.07, 6.45) is 3.03. The number of aliphatic carboxylic acids is 1. The Balaban J connectivity index is 1.62. The van der Waals surface area contributed by atoms with Gasteiger partial charge in [-0.1, -0.05) is 22.9 Å². The molecule has 3 N–H and O–H groups in total. The fourth-order valence-corrected chi connectivity index (χ4v) is 6.12. The van der Waals surface area contributed by atoms with E-state index in [0.717, 1.165) is 21.0 Å². The van der Waals surface area contributed by atoms with Gasteiger partial charge in [0.25, 0.3) is 0 Å². The molecule has 0 spiro atoms. The summed E-state index contributed by atoms with van der Waals surface area (Å²) >= 11 is 7.54. The van der Waals surface area contributed by atoms with E-state index in [1.165, 1.54) is 11.1 Å². The molecule has 1 aromatic carbocycles. The van der Waals surface area contributed by atoms with E-state index in [1.807, 2.05) is 0 Å². The molecule has 1 fully saturated rings. The number of nitrogens with two attached hydrogens (primary N) is 1. The van der Waals surface area contributed by atoms with Gasteiger partial charge in [0.05, 0.1) is 6.20 Å². The van der Waals surface area contributed by atoms with Crippen molar-refractivity contribution >= 4 is 72.4 Å². The number of carboxylic acids is 1. The number of halogens is 1. The Morgan fingerprint density at radius 3 is 2.74 bits per heavy atom. The van der Waals surface area contributed by atoms with Gasteiger partial charge >= 0.3 is 5.97 Å². The van der Waals surface area contributed by atoms with Crippen LogP contribution < -0.4 is 14.9 Å². The number of benzene rings is 1. The zero-order valence-electron chi connectivity index (χ0n) is 18.8. The molecule has 3 aromatic rings. The summed E-state index contributed by atoms with van der Waals surface area (Å²) in [6.45, 7) is 0.0849. The molecule has 1 aliphatic heterocycles. The monoisotopic (exact) mass is 538 g/mol. The van der Waals surface area contributed by atoms with E-state index in [1.54, 1.807) is 43.4 Å². The van der Waals surface area contributed by atoms with Crippen molar-refractivity contribution in [3.8, 4) is 0 Å². The van der Waals surface area contributed by atoms with Crippen molar-refractivity contribution in [2.75, 3.05) is 35.6 Å². The number of carboxylic acid groups (broad SMARTS) is 1. The Hall–Kier alpha value is -3.16. The fraction of sp³-hybridized carbons (Fsp3) is 0.333. The van der Waals surface area contributed by atoms with Crippen LogP contribution in [0.2, 0.25) is 5.02 Å². The molecule has 2 atom stereocenters. The third-order valence-electron chi connectivity index (χ3n) is 5.81. The maximum Gasteiger partial charge on any atom is 0.326 e. The number of nitrogens with zero attached hydrogens (tertiary/aromatic N) is 5. The number of nitrogen functional groups attached to an aromatic ring is 1. The molecule has 2 aromatic heterocycles. The zero-order valence-corrected chi connectivity index (χ0v) is 21.3. The van der Waals surface area contributed by atoms with Gasteiger partial charge in [-0.05, 0) is 35.6 Å². The molecule has 0 radical (unpaired) electrons. The molecule has 1 amide bonds. The van der Waals surface area contributed by atoms with Crippen LogP contribution in [-0.2, 0) is 26.9 Å². The number of hydrogen-bond donors (Lipinski definition) is 3. The highest BCUT2D eigenvalue weighted by atomic mass is 35.5. The quantitative estimate of drug-likeness (QED) is 0.363. The van der Waals surface area contributed by atoms with Crippen molar-refractivity contribution in [2.24, 2.45) is 0 Å². The molecule has 3 heterocycles. The van der Waals surface area contributed by atoms with Crippen LogP contribution in [0.5, 0.6) is 0 Å². The third-order valence-corrected chi connectivity index (χ3v) is 8.31. The molecule has 35 heavy (non-hydrogen) atoms. The van der Waals surface area contributed by atoms with Crippen molar-refractivity contribution < 1.29 is 23.1 Å². The Labute approximate surface area is 211 Å². The smallest absolute Gasteiger partial charge is 0.326 e. The summed E-state index contributed by atoms with van der Waals surface area (Å²) in [5.74, 6) is -1.49. The lowest BCUT2D eigenvalue weighted by atomic mass is 10.0. The van der Waals surface area contributed by atoms with E-state index in [9.17, 15) is 23.1 Å². The van der Waals surface area contributed by atoms with E-state index < -0.39 is 34.9 Å². The molecule has 1 aliphatic rings. The first-order valence-electron chi connectivity index (χ1n) is 10.5. The fourth-order valence-electron chi connectivity index (χ4n) is 4.10. The molecule has 0 bridgehead atoms. The Bertz CT molecular complexity index is 1370. The van der Waals surface area contributed by atoms with E-state index in [0.29, 0.717) is 31.9 Å². The highest BCUT2D eigenvalue weighted by Crippen LogP contribution is 2.34. The summed E-state index contributed by atoms with van der Waals surface area (Å²) in [5, 5.41) is 12.5.